The lowest BCUT2D eigenvalue weighted by Crippen LogP contribution is -2.17. The van der Waals surface area contributed by atoms with Crippen LogP contribution in [0.4, 0.5) is 0 Å². The molecule has 3 heteroatoms. The van der Waals surface area contributed by atoms with Crippen LogP contribution in [0.25, 0.3) is 10.8 Å². The van der Waals surface area contributed by atoms with Crippen molar-refractivity contribution in [2.45, 2.75) is 26.4 Å². The Kier molecular flexibility index (Phi) is 3.81. The van der Waals surface area contributed by atoms with E-state index in [1.54, 1.807) is 11.3 Å². The number of aromatic nitrogens is 1. The fourth-order valence-electron chi connectivity index (χ4n) is 2.34. The topological polar surface area (TPSA) is 24.9 Å². The highest BCUT2D eigenvalue weighted by Gasteiger charge is 2.07. The predicted octanol–water partition coefficient (Wildman–Crippen LogP) is 4.46. The molecule has 1 aromatic heterocycles. The molecule has 1 heterocycles. The molecule has 0 spiro atoms. The highest BCUT2D eigenvalue weighted by molar-refractivity contribution is 7.09. The number of benzene rings is 2. The van der Waals surface area contributed by atoms with Gasteiger partial charge in [0.25, 0.3) is 0 Å². The van der Waals surface area contributed by atoms with Gasteiger partial charge in [0.15, 0.2) is 0 Å². The molecule has 2 nitrogen and oxygen atoms in total. The zero-order valence-electron chi connectivity index (χ0n) is 11.8. The molecule has 1 N–H and O–H groups in total. The molecular weight excluding hydrogens is 264 g/mol. The van der Waals surface area contributed by atoms with Crippen LogP contribution in [0.5, 0.6) is 0 Å². The Morgan fingerprint density at radius 2 is 1.95 bits per heavy atom. The van der Waals surface area contributed by atoms with Gasteiger partial charge in [0, 0.05) is 17.5 Å². The van der Waals surface area contributed by atoms with Crippen LogP contribution in [0.1, 0.15) is 29.1 Å². The Morgan fingerprint density at radius 1 is 1.15 bits per heavy atom. The molecule has 0 aliphatic heterocycles. The maximum Gasteiger partial charge on any atom is 0.0798 e. The first-order valence-electron chi connectivity index (χ1n) is 6.85. The maximum atomic E-state index is 4.29. The number of hydrogen-bond acceptors (Lipinski definition) is 3. The van der Waals surface area contributed by atoms with Crippen molar-refractivity contribution in [3.63, 3.8) is 0 Å². The van der Waals surface area contributed by atoms with Crippen LogP contribution < -0.4 is 5.32 Å². The van der Waals surface area contributed by atoms with E-state index in [0.29, 0.717) is 6.04 Å². The number of aryl methyl sites for hydroxylation is 1. The molecule has 0 saturated carbocycles. The van der Waals surface area contributed by atoms with E-state index in [-0.39, 0.29) is 0 Å². The quantitative estimate of drug-likeness (QED) is 0.764. The second-order valence-corrected chi connectivity index (χ2v) is 6.01. The van der Waals surface area contributed by atoms with Gasteiger partial charge in [0.1, 0.15) is 0 Å². The summed E-state index contributed by atoms with van der Waals surface area (Å²) in [6.45, 7) is 5.15. The summed E-state index contributed by atoms with van der Waals surface area (Å²) in [5, 5.41) is 6.17. The van der Waals surface area contributed by atoms with Crippen molar-refractivity contribution in [2.75, 3.05) is 0 Å². The van der Waals surface area contributed by atoms with Crippen LogP contribution in [-0.4, -0.2) is 4.98 Å². The first kappa shape index (κ1) is 13.3. The zero-order chi connectivity index (χ0) is 13.9. The SMILES string of the molecule is Cc1ncsc1CNC(C)c1ccc2ccccc2c1. The zero-order valence-corrected chi connectivity index (χ0v) is 12.6. The standard InChI is InChI=1S/C17H18N2S/c1-12(18-10-17-13(2)19-11-20-17)15-8-7-14-5-3-4-6-16(14)9-15/h3-9,11-12,18H,10H2,1-2H3. The van der Waals surface area contributed by atoms with Crippen molar-refractivity contribution in [1.29, 1.82) is 0 Å². The van der Waals surface area contributed by atoms with Gasteiger partial charge in [0.2, 0.25) is 0 Å². The third kappa shape index (κ3) is 2.74. The van der Waals surface area contributed by atoms with Crippen molar-refractivity contribution in [2.24, 2.45) is 0 Å². The minimum atomic E-state index is 0.334. The molecule has 0 amide bonds. The highest BCUT2D eigenvalue weighted by atomic mass is 32.1. The molecule has 0 bridgehead atoms. The van der Waals surface area contributed by atoms with E-state index in [0.717, 1.165) is 12.2 Å². The van der Waals surface area contributed by atoms with E-state index < -0.39 is 0 Å². The summed E-state index contributed by atoms with van der Waals surface area (Å²) in [5.41, 5.74) is 4.37. The van der Waals surface area contributed by atoms with E-state index in [1.165, 1.54) is 21.2 Å². The highest BCUT2D eigenvalue weighted by Crippen LogP contribution is 2.21. The molecule has 1 atom stereocenters. The van der Waals surface area contributed by atoms with Crippen molar-refractivity contribution in [3.8, 4) is 0 Å². The molecule has 1 unspecified atom stereocenters. The van der Waals surface area contributed by atoms with Gasteiger partial charge >= 0.3 is 0 Å². The average molecular weight is 282 g/mol. The molecule has 0 radical (unpaired) electrons. The second kappa shape index (κ2) is 5.73. The summed E-state index contributed by atoms with van der Waals surface area (Å²) in [7, 11) is 0. The van der Waals surface area contributed by atoms with Gasteiger partial charge in [-0.05, 0) is 36.2 Å². The van der Waals surface area contributed by atoms with E-state index in [9.17, 15) is 0 Å². The molecule has 0 fully saturated rings. The Labute approximate surface area is 123 Å². The molecule has 3 rings (SSSR count). The van der Waals surface area contributed by atoms with Crippen LogP contribution in [0.2, 0.25) is 0 Å². The largest absolute Gasteiger partial charge is 0.305 e. The average Bonchev–Trinajstić information content (AvgIpc) is 2.89. The van der Waals surface area contributed by atoms with Gasteiger partial charge < -0.3 is 5.32 Å². The molecule has 3 aromatic rings. The number of nitrogens with zero attached hydrogens (tertiary/aromatic N) is 1. The van der Waals surface area contributed by atoms with Gasteiger partial charge in [-0.25, -0.2) is 4.98 Å². The summed E-state index contributed by atoms with van der Waals surface area (Å²) in [6, 6.07) is 15.5. The number of hydrogen-bond donors (Lipinski definition) is 1. The molecule has 20 heavy (non-hydrogen) atoms. The summed E-state index contributed by atoms with van der Waals surface area (Å²) in [4.78, 5) is 5.60. The number of nitrogens with one attached hydrogen (secondary N) is 1. The van der Waals surface area contributed by atoms with Crippen LogP contribution >= 0.6 is 11.3 Å². The van der Waals surface area contributed by atoms with Gasteiger partial charge in [-0.1, -0.05) is 36.4 Å². The molecule has 0 saturated heterocycles. The van der Waals surface area contributed by atoms with Crippen molar-refractivity contribution in [3.05, 3.63) is 64.1 Å². The number of thiazole rings is 1. The Balaban J connectivity index is 1.75. The van der Waals surface area contributed by atoms with Crippen LogP contribution in [-0.2, 0) is 6.54 Å². The lowest BCUT2D eigenvalue weighted by molar-refractivity contribution is 0.577. The van der Waals surface area contributed by atoms with E-state index in [4.69, 9.17) is 0 Å². The van der Waals surface area contributed by atoms with Crippen molar-refractivity contribution in [1.82, 2.24) is 10.3 Å². The minimum Gasteiger partial charge on any atom is -0.305 e. The van der Waals surface area contributed by atoms with E-state index in [2.05, 4.69) is 66.6 Å². The predicted molar refractivity (Wildman–Crippen MR) is 86.1 cm³/mol. The molecular formula is C17H18N2S. The van der Waals surface area contributed by atoms with Crippen LogP contribution in [0, 0.1) is 6.92 Å². The molecule has 102 valence electrons. The summed E-state index contributed by atoms with van der Waals surface area (Å²) >= 11 is 1.72. The van der Waals surface area contributed by atoms with Gasteiger partial charge in [-0.3, -0.25) is 0 Å². The Bertz CT molecular complexity index is 718. The number of fused-ring (bicyclic) bond motifs is 1. The van der Waals surface area contributed by atoms with Crippen molar-refractivity contribution >= 4 is 22.1 Å². The first-order valence-corrected chi connectivity index (χ1v) is 7.73. The third-order valence-corrected chi connectivity index (χ3v) is 4.62. The fraction of sp³-hybridized carbons (Fsp3) is 0.235. The minimum absolute atomic E-state index is 0.334. The number of rotatable bonds is 4. The Hall–Kier alpha value is -1.71. The molecule has 0 aliphatic carbocycles. The smallest absolute Gasteiger partial charge is 0.0798 e. The maximum absolute atomic E-state index is 4.29. The first-order chi connectivity index (χ1) is 9.74. The Morgan fingerprint density at radius 3 is 2.70 bits per heavy atom. The normalized spacial score (nSPS) is 12.7. The van der Waals surface area contributed by atoms with Crippen molar-refractivity contribution < 1.29 is 0 Å². The van der Waals surface area contributed by atoms with Crippen LogP contribution in [0.3, 0.4) is 0 Å². The van der Waals surface area contributed by atoms with Gasteiger partial charge in [-0.2, -0.15) is 0 Å². The second-order valence-electron chi connectivity index (χ2n) is 5.07. The summed E-state index contributed by atoms with van der Waals surface area (Å²) < 4.78 is 0. The monoisotopic (exact) mass is 282 g/mol. The lowest BCUT2D eigenvalue weighted by atomic mass is 10.0. The van der Waals surface area contributed by atoms with Gasteiger partial charge in [-0.15, -0.1) is 11.3 Å². The fourth-order valence-corrected chi connectivity index (χ4v) is 3.06. The van der Waals surface area contributed by atoms with Crippen LogP contribution in [0.15, 0.2) is 48.0 Å². The van der Waals surface area contributed by atoms with E-state index >= 15 is 0 Å². The third-order valence-electron chi connectivity index (χ3n) is 3.69. The molecule has 2 aromatic carbocycles. The van der Waals surface area contributed by atoms with Gasteiger partial charge in [0.05, 0.1) is 11.2 Å². The van der Waals surface area contributed by atoms with E-state index in [1.807, 2.05) is 5.51 Å². The lowest BCUT2D eigenvalue weighted by Gasteiger charge is -2.14. The summed E-state index contributed by atoms with van der Waals surface area (Å²) in [6.07, 6.45) is 0. The molecule has 0 aliphatic rings. The summed E-state index contributed by atoms with van der Waals surface area (Å²) in [5.74, 6) is 0.